The molecule has 0 saturated heterocycles. The summed E-state index contributed by atoms with van der Waals surface area (Å²) in [6.45, 7) is 0. The monoisotopic (exact) mass is 2430 g/mol. The van der Waals surface area contributed by atoms with Crippen molar-refractivity contribution in [2.45, 2.75) is 0 Å². The minimum absolute atomic E-state index is 0. The molecule has 0 amide bonds. The third-order valence-electron chi connectivity index (χ3n) is 23.6. The first-order chi connectivity index (χ1) is 65.4. The van der Waals surface area contributed by atoms with Gasteiger partial charge in [-0.15, -0.1) is 194 Å². The van der Waals surface area contributed by atoms with E-state index in [0.717, 1.165) is 165 Å². The quantitative estimate of drug-likeness (QED) is 0.0950. The first kappa shape index (κ1) is 87.7. The van der Waals surface area contributed by atoms with Gasteiger partial charge >= 0.3 is 63.2 Å². The van der Waals surface area contributed by atoms with Crippen LogP contribution < -0.4 is 0 Å². The van der Waals surface area contributed by atoms with Crippen molar-refractivity contribution in [1.82, 2.24) is 43.6 Å². The first-order valence-corrected chi connectivity index (χ1v) is 50.4. The number of benzene rings is 12. The summed E-state index contributed by atoms with van der Waals surface area (Å²) in [4.78, 5) is 36.4. The zero-order chi connectivity index (χ0) is 87.1. The predicted octanol–water partition coefficient (Wildman–Crippen LogP) is 33.5. The van der Waals surface area contributed by atoms with E-state index in [2.05, 4.69) is 365 Å². The fraction of sp³-hybridized carbons (Fsp3) is 0. The van der Waals surface area contributed by atoms with E-state index in [4.69, 9.17) is 19.9 Å². The number of hydrogen-bond donors (Lipinski definition) is 0. The maximum absolute atomic E-state index is 5.09. The van der Waals surface area contributed by atoms with Gasteiger partial charge in [0.1, 0.15) is 0 Å². The van der Waals surface area contributed by atoms with Crippen LogP contribution in [-0.4, -0.2) is 43.6 Å². The van der Waals surface area contributed by atoms with Gasteiger partial charge in [-0.25, -0.2) is 0 Å². The van der Waals surface area contributed by atoms with Crippen molar-refractivity contribution in [3.8, 4) is 145 Å². The van der Waals surface area contributed by atoms with Crippen molar-refractivity contribution in [3.63, 3.8) is 0 Å². The molecule has 0 N–H and O–H groups in total. The normalized spacial score (nSPS) is 11.4. The molecule has 0 aliphatic heterocycles. The van der Waals surface area contributed by atoms with E-state index >= 15 is 0 Å². The summed E-state index contributed by atoms with van der Waals surface area (Å²) < 4.78 is 10.4. The number of fused-ring (bicyclic) bond motifs is 12. The van der Waals surface area contributed by atoms with Gasteiger partial charge in [0.15, 0.2) is 0 Å². The third kappa shape index (κ3) is 16.7. The van der Waals surface area contributed by atoms with Crippen molar-refractivity contribution >= 4 is 198 Å². The summed E-state index contributed by atoms with van der Waals surface area (Å²) >= 11 is 15.6. The van der Waals surface area contributed by atoms with Gasteiger partial charge < -0.3 is 28.7 Å². The Hall–Kier alpha value is -12.6. The van der Waals surface area contributed by atoms with Gasteiger partial charge in [0, 0.05) is 89.3 Å². The number of pyridine rings is 3. The standard InChI is InChI=1S/3C38H21N3S3.3Pt/c1-2-9-37-32(8-1)40-38(44-37)26-12-15-29-30-21-25(35-10-4-18-42-35)14-17-33(30)41(34(29)22-26)28-7-3-6-24(20-28)31-16-13-27(23-39-31)36-11-5-19-43-36;1-2-12-37-32(11-1)40-38(44-37)30-23-34-28(22-29(30)36-14-7-19-43-36)27-21-25(35-13-6-18-42-35)15-16-33(27)41(34)26-9-5-8-24(20-26)31-10-3-4-17-39-31;1-2-9-37-31(8-1)40-38(44-37)26-13-15-27-29-21-25(35-10-5-19-42-35)14-17-32(29)41(33(27)23-26)34-22-24(30-7-3-4-18-39-30)12-16-28(34)36-11-6-20-43-36;;;/h1-19,21,23H;1-19,21-22H;1-21H;;;/q3*-2;3*+2. The molecule has 0 saturated carbocycles. The Morgan fingerprint density at radius 2 is 0.637 bits per heavy atom. The van der Waals surface area contributed by atoms with Crippen LogP contribution in [0.5, 0.6) is 0 Å². The van der Waals surface area contributed by atoms with Gasteiger partial charge in [0.25, 0.3) is 0 Å². The van der Waals surface area contributed by atoms with Crippen molar-refractivity contribution in [2.24, 2.45) is 0 Å². The Morgan fingerprint density at radius 1 is 0.244 bits per heavy atom. The van der Waals surface area contributed by atoms with Gasteiger partial charge in [-0.2, -0.15) is 56.7 Å². The number of rotatable bonds is 15. The van der Waals surface area contributed by atoms with Gasteiger partial charge in [0.05, 0.1) is 16.6 Å². The zero-order valence-electron chi connectivity index (χ0n) is 70.5. The Kier molecular flexibility index (Phi) is 24.7. The molecule has 0 fully saturated rings. The molecule has 0 radical (unpaired) electrons. The molecule has 9 nitrogen and oxygen atoms in total. The second kappa shape index (κ2) is 37.9. The maximum atomic E-state index is 5.09. The maximum Gasteiger partial charge on any atom is 2.00 e. The summed E-state index contributed by atoms with van der Waals surface area (Å²) in [6.07, 6.45) is 5.61. The Labute approximate surface area is 855 Å². The van der Waals surface area contributed by atoms with Gasteiger partial charge in [-0.1, -0.05) is 185 Å². The van der Waals surface area contributed by atoms with E-state index in [0.29, 0.717) is 0 Å². The van der Waals surface area contributed by atoms with Crippen LogP contribution >= 0.6 is 102 Å². The van der Waals surface area contributed by atoms with Gasteiger partial charge in [-0.3, -0.25) is 15.0 Å². The second-order valence-electron chi connectivity index (χ2n) is 31.5. The fourth-order valence-corrected chi connectivity index (χ4v) is 24.8. The Balaban J connectivity index is 0.000000116. The summed E-state index contributed by atoms with van der Waals surface area (Å²) in [5, 5.41) is 22.7. The van der Waals surface area contributed by atoms with E-state index in [-0.39, 0.29) is 63.2 Å². The smallest absolute Gasteiger partial charge is 0.346 e. The molecule has 15 aromatic heterocycles. The summed E-state index contributed by atoms with van der Waals surface area (Å²) in [6, 6.07) is 138. The van der Waals surface area contributed by atoms with E-state index in [1.54, 1.807) is 102 Å². The zero-order valence-corrected chi connectivity index (χ0v) is 84.7. The van der Waals surface area contributed by atoms with E-state index in [1.807, 2.05) is 73.2 Å². The fourth-order valence-electron chi connectivity index (χ4n) is 17.5. The van der Waals surface area contributed by atoms with Crippen molar-refractivity contribution in [1.29, 1.82) is 0 Å². The van der Waals surface area contributed by atoms with Crippen LogP contribution in [0, 0.1) is 36.4 Å². The van der Waals surface area contributed by atoms with Crippen LogP contribution in [0.25, 0.3) is 241 Å². The van der Waals surface area contributed by atoms with Gasteiger partial charge in [0.2, 0.25) is 0 Å². The molecule has 648 valence electrons. The first-order valence-electron chi connectivity index (χ1n) is 42.7. The summed E-state index contributed by atoms with van der Waals surface area (Å²) in [5.74, 6) is 0. The van der Waals surface area contributed by atoms with Crippen LogP contribution in [0.2, 0.25) is 0 Å². The van der Waals surface area contributed by atoms with E-state index in [1.165, 1.54) is 76.2 Å². The topological polar surface area (TPSA) is 92.1 Å². The second-order valence-corrected chi connectivity index (χ2v) is 40.3. The SMILES string of the molecule is [Pt+2].[Pt+2].[Pt+2].[c-]1c(-c2ccc(-c3cccs3)cn2)cccc1-n1c2[c-]c(-c3nc4ccccc4s3)ccc2c2cc(-c3cccs3)ccc21.[c-]1c(-c2ccccn2)ccc(-c2cccs2)c1-n1c2[c-]c(-c3nc4ccccc4s3)ccc2c2cc(-c3cccs3)ccc21.[c-]1c(-c2ccccn2)cccc1-n1c2[c-]c(-c3nc4ccccc4s3)c(-c3cccs3)cc2c2cc(-c3cccs3)ccc21. The van der Waals surface area contributed by atoms with Crippen LogP contribution in [0.15, 0.2) is 378 Å². The Bertz CT molecular complexity index is 8870. The number of hydrogen-bond acceptors (Lipinski definition) is 15. The van der Waals surface area contributed by atoms with Crippen LogP contribution in [0.1, 0.15) is 0 Å². The van der Waals surface area contributed by atoms with Crippen molar-refractivity contribution in [3.05, 3.63) is 415 Å². The third-order valence-corrected chi connectivity index (χ3v) is 32.3. The molecule has 15 heterocycles. The molecule has 27 rings (SSSR count). The van der Waals surface area contributed by atoms with E-state index in [9.17, 15) is 0 Å². The number of nitrogens with zero attached hydrogens (tertiary/aromatic N) is 9. The molecule has 0 aliphatic carbocycles. The summed E-state index contributed by atoms with van der Waals surface area (Å²) in [7, 11) is 0. The average Bonchev–Trinajstić information content (AvgIpc) is 1.61. The molecule has 0 unspecified atom stereocenters. The molecule has 0 aliphatic rings. The molecule has 21 heteroatoms. The number of para-hydroxylation sites is 3. The molecule has 0 atom stereocenters. The number of aromatic nitrogens is 9. The summed E-state index contributed by atoms with van der Waals surface area (Å²) in [5.41, 5.74) is 27.9. The largest absolute Gasteiger partial charge is 2.00 e. The molecule has 12 aromatic carbocycles. The minimum Gasteiger partial charge on any atom is -0.346 e. The molecule has 0 spiro atoms. The van der Waals surface area contributed by atoms with Crippen LogP contribution in [-0.2, 0) is 63.2 Å². The number of thiophene rings is 6. The molecule has 27 aromatic rings. The van der Waals surface area contributed by atoms with Crippen molar-refractivity contribution in [2.75, 3.05) is 0 Å². The van der Waals surface area contributed by atoms with Crippen LogP contribution in [0.3, 0.4) is 0 Å². The average molecular weight is 2430 g/mol. The van der Waals surface area contributed by atoms with E-state index < -0.39 is 0 Å². The Morgan fingerprint density at radius 3 is 1.09 bits per heavy atom. The molecule has 135 heavy (non-hydrogen) atoms. The van der Waals surface area contributed by atoms with Crippen molar-refractivity contribution < 1.29 is 63.2 Å². The molecule has 0 bridgehead atoms. The number of thiazole rings is 3. The minimum atomic E-state index is 0. The predicted molar refractivity (Wildman–Crippen MR) is 561 cm³/mol. The van der Waals surface area contributed by atoms with Crippen LogP contribution in [0.4, 0.5) is 0 Å². The molecular formula is C114H63N9Pt3S9. The molecular weight excluding hydrogens is 2370 g/mol. The van der Waals surface area contributed by atoms with Gasteiger partial charge in [-0.05, 0) is 217 Å².